The molecule has 1 saturated heterocycles. The highest BCUT2D eigenvalue weighted by Gasteiger charge is 2.26. The van der Waals surface area contributed by atoms with Crippen molar-refractivity contribution in [2.75, 3.05) is 32.8 Å². The first-order valence-electron chi connectivity index (χ1n) is 12.1. The van der Waals surface area contributed by atoms with Crippen molar-refractivity contribution in [2.24, 2.45) is 7.05 Å². The van der Waals surface area contributed by atoms with Crippen LogP contribution in [0, 0.1) is 0 Å². The Morgan fingerprint density at radius 3 is 2.43 bits per heavy atom. The van der Waals surface area contributed by atoms with Crippen LogP contribution in [-0.4, -0.2) is 63.6 Å². The van der Waals surface area contributed by atoms with Crippen molar-refractivity contribution in [1.29, 1.82) is 0 Å². The number of nitrogens with zero attached hydrogens (tertiary/aromatic N) is 3. The Labute approximate surface area is 206 Å². The zero-order valence-corrected chi connectivity index (χ0v) is 20.8. The lowest BCUT2D eigenvalue weighted by molar-refractivity contribution is 0.0342. The molecule has 1 aliphatic heterocycles. The molecule has 8 heteroatoms. The third-order valence-corrected chi connectivity index (χ3v) is 6.37. The summed E-state index contributed by atoms with van der Waals surface area (Å²) in [4.78, 5) is 15.3. The van der Waals surface area contributed by atoms with Crippen molar-refractivity contribution < 1.29 is 19.7 Å². The number of hydrogen-bond acceptors (Lipinski definition) is 6. The first-order valence-corrected chi connectivity index (χ1v) is 12.1. The van der Waals surface area contributed by atoms with Gasteiger partial charge in [-0.05, 0) is 35.6 Å². The summed E-state index contributed by atoms with van der Waals surface area (Å²) in [7, 11) is 1.76. The van der Waals surface area contributed by atoms with Gasteiger partial charge in [-0.15, -0.1) is 0 Å². The number of rotatable bonds is 7. The number of aromatic nitrogens is 2. The fourth-order valence-corrected chi connectivity index (χ4v) is 4.55. The molecule has 0 saturated carbocycles. The minimum absolute atomic E-state index is 0.0429. The van der Waals surface area contributed by atoms with Crippen LogP contribution in [0.5, 0.6) is 11.5 Å². The SMILES string of the molecule is CCNC(=O)c1nn(C)c(-c2cc(C(C)C)c(O)cc2O)c1-c1ccc(CN2CCOCC2)cc1. The van der Waals surface area contributed by atoms with E-state index in [4.69, 9.17) is 4.74 Å². The van der Waals surface area contributed by atoms with E-state index < -0.39 is 0 Å². The molecular formula is C27H34N4O4. The summed E-state index contributed by atoms with van der Waals surface area (Å²) < 4.78 is 7.07. The second-order valence-corrected chi connectivity index (χ2v) is 9.22. The number of aromatic hydroxyl groups is 2. The summed E-state index contributed by atoms with van der Waals surface area (Å²) in [6, 6.07) is 11.3. The highest BCUT2D eigenvalue weighted by Crippen LogP contribution is 2.42. The Hall–Kier alpha value is -3.36. The molecule has 3 aromatic rings. The summed E-state index contributed by atoms with van der Waals surface area (Å²) >= 11 is 0. The summed E-state index contributed by atoms with van der Waals surface area (Å²) in [5.41, 5.74) is 4.80. The molecule has 3 N–H and O–H groups in total. The van der Waals surface area contributed by atoms with E-state index in [0.29, 0.717) is 34.6 Å². The smallest absolute Gasteiger partial charge is 0.272 e. The standard InChI is InChI=1S/C27H34N4O4/c1-5-28-27(34)25-24(19-8-6-18(7-9-19)16-31-10-12-35-13-11-31)26(30(4)29-25)21-14-20(17(2)3)22(32)15-23(21)33/h6-9,14-15,17,32-33H,5,10-13,16H2,1-4H3,(H,28,34). The van der Waals surface area contributed by atoms with Gasteiger partial charge in [0.05, 0.1) is 18.9 Å². The Morgan fingerprint density at radius 1 is 1.11 bits per heavy atom. The van der Waals surface area contributed by atoms with Crippen LogP contribution in [0.4, 0.5) is 0 Å². The second-order valence-electron chi connectivity index (χ2n) is 9.22. The van der Waals surface area contributed by atoms with Crippen LogP contribution in [-0.2, 0) is 18.3 Å². The van der Waals surface area contributed by atoms with Crippen molar-refractivity contribution in [3.8, 4) is 33.9 Å². The van der Waals surface area contributed by atoms with E-state index in [-0.39, 0.29) is 23.3 Å². The van der Waals surface area contributed by atoms with Crippen LogP contribution in [0.3, 0.4) is 0 Å². The van der Waals surface area contributed by atoms with Crippen molar-refractivity contribution in [3.05, 3.63) is 53.2 Å². The van der Waals surface area contributed by atoms with Gasteiger partial charge >= 0.3 is 0 Å². The summed E-state index contributed by atoms with van der Waals surface area (Å²) in [5.74, 6) is -0.249. The Bertz CT molecular complexity index is 1190. The van der Waals surface area contributed by atoms with E-state index in [0.717, 1.165) is 38.4 Å². The van der Waals surface area contributed by atoms with Gasteiger partial charge in [-0.2, -0.15) is 5.10 Å². The van der Waals surface area contributed by atoms with Crippen LogP contribution in [0.1, 0.15) is 48.3 Å². The zero-order chi connectivity index (χ0) is 25.1. The number of morpholine rings is 1. The third-order valence-electron chi connectivity index (χ3n) is 6.37. The van der Waals surface area contributed by atoms with Gasteiger partial charge in [0.25, 0.3) is 5.91 Å². The number of phenolic OH excluding ortho intramolecular Hbond substituents is 2. The van der Waals surface area contributed by atoms with Gasteiger partial charge in [0, 0.05) is 50.4 Å². The van der Waals surface area contributed by atoms with Gasteiger partial charge in [-0.25, -0.2) is 0 Å². The molecule has 0 bridgehead atoms. The normalized spacial score (nSPS) is 14.4. The third kappa shape index (κ3) is 5.18. The molecule has 0 unspecified atom stereocenters. The summed E-state index contributed by atoms with van der Waals surface area (Å²) in [5, 5.41) is 28.6. The predicted octanol–water partition coefficient (Wildman–Crippen LogP) is 3.87. The minimum Gasteiger partial charge on any atom is -0.508 e. The Balaban J connectivity index is 1.81. The lowest BCUT2D eigenvalue weighted by atomic mass is 9.93. The van der Waals surface area contributed by atoms with E-state index in [1.807, 2.05) is 32.9 Å². The average Bonchev–Trinajstić information content (AvgIpc) is 3.17. The number of carbonyl (C=O) groups excluding carboxylic acids is 1. The van der Waals surface area contributed by atoms with Gasteiger partial charge in [0.1, 0.15) is 11.5 Å². The highest BCUT2D eigenvalue weighted by atomic mass is 16.5. The van der Waals surface area contributed by atoms with Crippen molar-refractivity contribution in [1.82, 2.24) is 20.0 Å². The average molecular weight is 479 g/mol. The maximum Gasteiger partial charge on any atom is 0.272 e. The molecule has 0 radical (unpaired) electrons. The topological polar surface area (TPSA) is 99.9 Å². The van der Waals surface area contributed by atoms with E-state index in [2.05, 4.69) is 27.4 Å². The molecule has 0 spiro atoms. The maximum atomic E-state index is 13.0. The van der Waals surface area contributed by atoms with Gasteiger partial charge in [-0.1, -0.05) is 38.1 Å². The first-order chi connectivity index (χ1) is 16.8. The molecule has 1 aliphatic rings. The number of benzene rings is 2. The Morgan fingerprint density at radius 2 is 1.80 bits per heavy atom. The lowest BCUT2D eigenvalue weighted by Crippen LogP contribution is -2.35. The maximum absolute atomic E-state index is 13.0. The number of phenols is 2. The highest BCUT2D eigenvalue weighted by molar-refractivity contribution is 6.03. The van der Waals surface area contributed by atoms with Crippen LogP contribution < -0.4 is 5.32 Å². The predicted molar refractivity (Wildman–Crippen MR) is 136 cm³/mol. The monoisotopic (exact) mass is 478 g/mol. The molecule has 8 nitrogen and oxygen atoms in total. The molecule has 1 fully saturated rings. The number of hydrogen-bond donors (Lipinski definition) is 3. The number of nitrogens with one attached hydrogen (secondary N) is 1. The van der Waals surface area contributed by atoms with Crippen molar-refractivity contribution in [3.63, 3.8) is 0 Å². The molecule has 2 aromatic carbocycles. The van der Waals surface area contributed by atoms with Gasteiger partial charge < -0.3 is 20.3 Å². The largest absolute Gasteiger partial charge is 0.508 e. The van der Waals surface area contributed by atoms with Gasteiger partial charge in [0.2, 0.25) is 0 Å². The van der Waals surface area contributed by atoms with E-state index >= 15 is 0 Å². The number of aryl methyl sites for hydroxylation is 1. The zero-order valence-electron chi connectivity index (χ0n) is 20.8. The van der Waals surface area contributed by atoms with E-state index in [1.165, 1.54) is 11.6 Å². The quantitative estimate of drug-likeness (QED) is 0.477. The van der Waals surface area contributed by atoms with Crippen molar-refractivity contribution >= 4 is 5.91 Å². The van der Waals surface area contributed by atoms with E-state index in [9.17, 15) is 15.0 Å². The molecule has 35 heavy (non-hydrogen) atoms. The molecule has 0 atom stereocenters. The van der Waals surface area contributed by atoms with Crippen LogP contribution >= 0.6 is 0 Å². The minimum atomic E-state index is -0.274. The number of amides is 1. The van der Waals surface area contributed by atoms with Crippen LogP contribution in [0.15, 0.2) is 36.4 Å². The van der Waals surface area contributed by atoms with Crippen molar-refractivity contribution in [2.45, 2.75) is 33.2 Å². The van der Waals surface area contributed by atoms with Gasteiger partial charge in [0.15, 0.2) is 5.69 Å². The molecule has 1 aromatic heterocycles. The molecule has 1 amide bonds. The van der Waals surface area contributed by atoms with E-state index in [1.54, 1.807) is 17.8 Å². The second kappa shape index (κ2) is 10.5. The van der Waals surface area contributed by atoms with Crippen LogP contribution in [0.2, 0.25) is 0 Å². The fraction of sp³-hybridized carbons (Fsp3) is 0.407. The molecule has 2 heterocycles. The fourth-order valence-electron chi connectivity index (χ4n) is 4.55. The Kier molecular flexibility index (Phi) is 7.42. The number of carbonyl (C=O) groups is 1. The molecule has 4 rings (SSSR count). The first kappa shape index (κ1) is 24.8. The molecule has 186 valence electrons. The molecule has 0 aliphatic carbocycles. The molecular weight excluding hydrogens is 444 g/mol. The summed E-state index contributed by atoms with van der Waals surface area (Å²) in [6.45, 7) is 10.5. The van der Waals surface area contributed by atoms with Gasteiger partial charge in [-0.3, -0.25) is 14.4 Å². The summed E-state index contributed by atoms with van der Waals surface area (Å²) in [6.07, 6.45) is 0. The van der Waals surface area contributed by atoms with Crippen LogP contribution in [0.25, 0.3) is 22.4 Å². The lowest BCUT2D eigenvalue weighted by Gasteiger charge is -2.26. The number of ether oxygens (including phenoxy) is 1.